The Morgan fingerprint density at radius 1 is 1.28 bits per heavy atom. The SMILES string of the molecule is Cc1cc(O)c(C(C)(C)C)cc1C1(C)CCCN1. The molecular weight excluding hydrogens is 222 g/mol. The van der Waals surface area contributed by atoms with Crippen molar-refractivity contribution in [3.63, 3.8) is 0 Å². The standard InChI is InChI=1S/C16H25NO/c1-11-9-14(18)13(15(2,3)4)10-12(11)16(5)7-6-8-17-16/h9-10,17-18H,6-8H2,1-5H3. The second-order valence-electron chi connectivity index (χ2n) is 6.80. The number of phenolic OH excluding ortho intramolecular Hbond substituents is 1. The molecule has 2 N–H and O–H groups in total. The highest BCUT2D eigenvalue weighted by atomic mass is 16.3. The molecule has 0 radical (unpaired) electrons. The van der Waals surface area contributed by atoms with Crippen molar-refractivity contribution >= 4 is 0 Å². The normalized spacial score (nSPS) is 24.5. The monoisotopic (exact) mass is 247 g/mol. The number of benzene rings is 1. The molecule has 1 saturated heterocycles. The molecule has 2 heteroatoms. The van der Waals surface area contributed by atoms with Gasteiger partial charge in [-0.05, 0) is 67.5 Å². The van der Waals surface area contributed by atoms with E-state index >= 15 is 0 Å². The van der Waals surface area contributed by atoms with Crippen LogP contribution in [0.5, 0.6) is 5.75 Å². The van der Waals surface area contributed by atoms with Crippen molar-refractivity contribution < 1.29 is 5.11 Å². The van der Waals surface area contributed by atoms with E-state index in [4.69, 9.17) is 0 Å². The Morgan fingerprint density at radius 3 is 2.44 bits per heavy atom. The molecule has 2 nitrogen and oxygen atoms in total. The van der Waals surface area contributed by atoms with E-state index in [1.165, 1.54) is 24.0 Å². The first-order chi connectivity index (χ1) is 8.24. The maximum Gasteiger partial charge on any atom is 0.119 e. The summed E-state index contributed by atoms with van der Waals surface area (Å²) < 4.78 is 0. The molecule has 1 aliphatic rings. The second-order valence-corrected chi connectivity index (χ2v) is 6.80. The molecule has 1 fully saturated rings. The average molecular weight is 247 g/mol. The van der Waals surface area contributed by atoms with Crippen molar-refractivity contribution in [2.24, 2.45) is 0 Å². The summed E-state index contributed by atoms with van der Waals surface area (Å²) in [5.74, 6) is 0.422. The predicted molar refractivity (Wildman–Crippen MR) is 76.1 cm³/mol. The van der Waals surface area contributed by atoms with Crippen molar-refractivity contribution in [2.75, 3.05) is 6.54 Å². The first-order valence-corrected chi connectivity index (χ1v) is 6.84. The minimum Gasteiger partial charge on any atom is -0.508 e. The number of aromatic hydroxyl groups is 1. The summed E-state index contributed by atoms with van der Waals surface area (Å²) in [5, 5.41) is 13.8. The molecule has 0 saturated carbocycles. The summed E-state index contributed by atoms with van der Waals surface area (Å²) in [5.41, 5.74) is 3.59. The molecule has 0 bridgehead atoms. The van der Waals surface area contributed by atoms with Gasteiger partial charge in [-0.3, -0.25) is 0 Å². The van der Waals surface area contributed by atoms with Gasteiger partial charge < -0.3 is 10.4 Å². The lowest BCUT2D eigenvalue weighted by Crippen LogP contribution is -2.34. The Labute approximate surface area is 110 Å². The van der Waals surface area contributed by atoms with Crippen LogP contribution in [0.3, 0.4) is 0 Å². The third-order valence-electron chi connectivity index (χ3n) is 4.11. The van der Waals surface area contributed by atoms with Crippen LogP contribution in [-0.4, -0.2) is 11.7 Å². The Kier molecular flexibility index (Phi) is 3.18. The van der Waals surface area contributed by atoms with Crippen LogP contribution in [0.25, 0.3) is 0 Å². The smallest absolute Gasteiger partial charge is 0.119 e. The molecule has 1 unspecified atom stereocenters. The number of hydrogen-bond acceptors (Lipinski definition) is 2. The van der Waals surface area contributed by atoms with Crippen LogP contribution in [0, 0.1) is 6.92 Å². The zero-order valence-electron chi connectivity index (χ0n) is 12.2. The van der Waals surface area contributed by atoms with Crippen molar-refractivity contribution in [1.29, 1.82) is 0 Å². The lowest BCUT2D eigenvalue weighted by molar-refractivity contribution is 0.421. The molecular formula is C16H25NO. The van der Waals surface area contributed by atoms with Crippen LogP contribution in [0.1, 0.15) is 57.2 Å². The van der Waals surface area contributed by atoms with Crippen LogP contribution >= 0.6 is 0 Å². The summed E-state index contributed by atoms with van der Waals surface area (Å²) in [6, 6.07) is 4.12. The van der Waals surface area contributed by atoms with E-state index in [2.05, 4.69) is 46.0 Å². The van der Waals surface area contributed by atoms with E-state index in [0.29, 0.717) is 5.75 Å². The predicted octanol–water partition coefficient (Wildman–Crippen LogP) is 3.60. The second kappa shape index (κ2) is 4.27. The quantitative estimate of drug-likeness (QED) is 0.794. The molecule has 100 valence electrons. The van der Waals surface area contributed by atoms with E-state index in [1.54, 1.807) is 0 Å². The zero-order valence-corrected chi connectivity index (χ0v) is 12.2. The Balaban J connectivity index is 2.55. The van der Waals surface area contributed by atoms with E-state index in [-0.39, 0.29) is 11.0 Å². The summed E-state index contributed by atoms with van der Waals surface area (Å²) in [4.78, 5) is 0. The molecule has 1 aromatic rings. The topological polar surface area (TPSA) is 32.3 Å². The fourth-order valence-corrected chi connectivity index (χ4v) is 3.01. The van der Waals surface area contributed by atoms with Crippen LogP contribution in [-0.2, 0) is 11.0 Å². The molecule has 0 spiro atoms. The van der Waals surface area contributed by atoms with Gasteiger partial charge in [0.1, 0.15) is 5.75 Å². The van der Waals surface area contributed by atoms with Crippen LogP contribution in [0.4, 0.5) is 0 Å². The molecule has 0 aromatic heterocycles. The lowest BCUT2D eigenvalue weighted by atomic mass is 9.80. The van der Waals surface area contributed by atoms with Gasteiger partial charge in [-0.25, -0.2) is 0 Å². The molecule has 0 aliphatic carbocycles. The maximum atomic E-state index is 10.2. The largest absolute Gasteiger partial charge is 0.508 e. The van der Waals surface area contributed by atoms with E-state index in [1.807, 2.05) is 6.07 Å². The highest BCUT2D eigenvalue weighted by Gasteiger charge is 2.33. The van der Waals surface area contributed by atoms with Gasteiger partial charge in [-0.15, -0.1) is 0 Å². The van der Waals surface area contributed by atoms with E-state index in [9.17, 15) is 5.11 Å². The van der Waals surface area contributed by atoms with Gasteiger partial charge in [0.05, 0.1) is 0 Å². The fraction of sp³-hybridized carbons (Fsp3) is 0.625. The van der Waals surface area contributed by atoms with E-state index < -0.39 is 0 Å². The lowest BCUT2D eigenvalue weighted by Gasteiger charge is -2.30. The molecule has 2 rings (SSSR count). The fourth-order valence-electron chi connectivity index (χ4n) is 3.01. The summed E-state index contributed by atoms with van der Waals surface area (Å²) in [6.07, 6.45) is 2.39. The number of hydrogen-bond donors (Lipinski definition) is 2. The third-order valence-corrected chi connectivity index (χ3v) is 4.11. The maximum absolute atomic E-state index is 10.2. The highest BCUT2D eigenvalue weighted by Crippen LogP contribution is 2.39. The van der Waals surface area contributed by atoms with E-state index in [0.717, 1.165) is 12.1 Å². The van der Waals surface area contributed by atoms with Gasteiger partial charge in [0.2, 0.25) is 0 Å². The van der Waals surface area contributed by atoms with Crippen molar-refractivity contribution in [2.45, 2.75) is 58.4 Å². The van der Waals surface area contributed by atoms with Crippen LogP contribution in [0.15, 0.2) is 12.1 Å². The minimum absolute atomic E-state index is 0.0263. The Bertz CT molecular complexity index is 451. The van der Waals surface area contributed by atoms with Gasteiger partial charge >= 0.3 is 0 Å². The summed E-state index contributed by atoms with van der Waals surface area (Å²) in [6.45, 7) is 11.9. The van der Waals surface area contributed by atoms with Gasteiger partial charge in [0, 0.05) is 5.54 Å². The first-order valence-electron chi connectivity index (χ1n) is 6.84. The molecule has 1 heterocycles. The molecule has 1 atom stereocenters. The van der Waals surface area contributed by atoms with Gasteiger partial charge in [-0.1, -0.05) is 20.8 Å². The van der Waals surface area contributed by atoms with Crippen molar-refractivity contribution in [3.05, 3.63) is 28.8 Å². The molecule has 1 aliphatic heterocycles. The molecule has 18 heavy (non-hydrogen) atoms. The van der Waals surface area contributed by atoms with Gasteiger partial charge in [0.15, 0.2) is 0 Å². The Hall–Kier alpha value is -1.02. The summed E-state index contributed by atoms with van der Waals surface area (Å²) >= 11 is 0. The summed E-state index contributed by atoms with van der Waals surface area (Å²) in [7, 11) is 0. The number of rotatable bonds is 1. The van der Waals surface area contributed by atoms with Gasteiger partial charge in [0.25, 0.3) is 0 Å². The Morgan fingerprint density at radius 2 is 1.94 bits per heavy atom. The average Bonchev–Trinajstić information content (AvgIpc) is 2.63. The number of nitrogens with one attached hydrogen (secondary N) is 1. The van der Waals surface area contributed by atoms with Crippen molar-refractivity contribution in [3.8, 4) is 5.75 Å². The van der Waals surface area contributed by atoms with Gasteiger partial charge in [-0.2, -0.15) is 0 Å². The van der Waals surface area contributed by atoms with Crippen molar-refractivity contribution in [1.82, 2.24) is 5.32 Å². The first kappa shape index (κ1) is 13.4. The highest BCUT2D eigenvalue weighted by molar-refractivity contribution is 5.47. The molecule has 0 amide bonds. The van der Waals surface area contributed by atoms with Crippen LogP contribution in [0.2, 0.25) is 0 Å². The minimum atomic E-state index is -0.0263. The number of aryl methyl sites for hydroxylation is 1. The third kappa shape index (κ3) is 2.26. The molecule has 1 aromatic carbocycles. The number of phenols is 1. The van der Waals surface area contributed by atoms with Crippen LogP contribution < -0.4 is 5.32 Å². The zero-order chi connectivity index (χ0) is 13.6.